The summed E-state index contributed by atoms with van der Waals surface area (Å²) in [6.45, 7) is 6.45. The molecule has 168 valence electrons. The van der Waals surface area contributed by atoms with Crippen LogP contribution in [0.4, 0.5) is 0 Å². The second kappa shape index (κ2) is 9.02. The van der Waals surface area contributed by atoms with Crippen LogP contribution in [0.25, 0.3) is 21.9 Å². The molecule has 0 unspecified atom stereocenters. The average molecular weight is 435 g/mol. The molecule has 7 nitrogen and oxygen atoms in total. The summed E-state index contributed by atoms with van der Waals surface area (Å²) in [6.07, 6.45) is 10.4. The van der Waals surface area contributed by atoms with E-state index in [1.165, 1.54) is 11.1 Å². The number of hydrogen-bond acceptors (Lipinski definition) is 4. The number of methoxy groups -OCH3 is 1. The third kappa shape index (κ3) is 4.33. The smallest absolute Gasteiger partial charge is 0.350 e. The average Bonchev–Trinajstić information content (AvgIpc) is 3.12. The van der Waals surface area contributed by atoms with E-state index < -0.39 is 11.2 Å². The fourth-order valence-electron chi connectivity index (χ4n) is 4.34. The van der Waals surface area contributed by atoms with E-state index in [0.29, 0.717) is 22.7 Å². The molecule has 0 fully saturated rings. The molecule has 0 amide bonds. The van der Waals surface area contributed by atoms with E-state index in [2.05, 4.69) is 48.0 Å². The molecule has 3 aromatic rings. The molecule has 2 N–H and O–H groups in total. The standard InChI is InChI=1S/C25H30N4O3/c1-15(2)6-5-7-17-8-9-18(16(3)12-17)14-26-29-24(30)23-22(28-25(29)31)20-13-19(32-4)10-11-21(20)27-23/h6,8,10-11,13-14,16,18,27H,5,7,9,12H2,1-4H3,(H,28,31)/t16-,18-/m0/s1. The first kappa shape index (κ1) is 21.9. The Labute approximate surface area is 186 Å². The predicted octanol–water partition coefficient (Wildman–Crippen LogP) is 4.73. The van der Waals surface area contributed by atoms with Gasteiger partial charge in [-0.05, 0) is 63.6 Å². The van der Waals surface area contributed by atoms with Crippen molar-refractivity contribution in [1.82, 2.24) is 14.6 Å². The molecule has 7 heteroatoms. The van der Waals surface area contributed by atoms with Gasteiger partial charge in [-0.25, -0.2) is 4.79 Å². The van der Waals surface area contributed by atoms with Crippen molar-refractivity contribution in [2.24, 2.45) is 16.9 Å². The van der Waals surface area contributed by atoms with Crippen LogP contribution in [0.2, 0.25) is 0 Å². The second-order valence-electron chi connectivity index (χ2n) is 8.86. The van der Waals surface area contributed by atoms with Gasteiger partial charge in [-0.3, -0.25) is 4.79 Å². The molecule has 0 bridgehead atoms. The molecule has 4 rings (SSSR count). The van der Waals surface area contributed by atoms with Gasteiger partial charge in [0.15, 0.2) is 0 Å². The number of fused-ring (bicyclic) bond motifs is 3. The number of H-pyrrole nitrogens is 2. The van der Waals surface area contributed by atoms with Gasteiger partial charge in [0, 0.05) is 23.0 Å². The third-order valence-corrected chi connectivity index (χ3v) is 6.22. The lowest BCUT2D eigenvalue weighted by molar-refractivity contribution is 0.415. The van der Waals surface area contributed by atoms with E-state index >= 15 is 0 Å². The van der Waals surface area contributed by atoms with Crippen molar-refractivity contribution in [1.29, 1.82) is 0 Å². The highest BCUT2D eigenvalue weighted by atomic mass is 16.5. The Morgan fingerprint density at radius 2 is 2.06 bits per heavy atom. The summed E-state index contributed by atoms with van der Waals surface area (Å²) in [4.78, 5) is 31.6. The lowest BCUT2D eigenvalue weighted by Crippen LogP contribution is -2.32. The molecule has 0 radical (unpaired) electrons. The van der Waals surface area contributed by atoms with Gasteiger partial charge >= 0.3 is 11.2 Å². The van der Waals surface area contributed by atoms with Gasteiger partial charge in [0.1, 0.15) is 11.3 Å². The summed E-state index contributed by atoms with van der Waals surface area (Å²) in [7, 11) is 1.58. The predicted molar refractivity (Wildman–Crippen MR) is 130 cm³/mol. The summed E-state index contributed by atoms with van der Waals surface area (Å²) in [5, 5.41) is 5.03. The first-order chi connectivity index (χ1) is 15.4. The molecule has 2 aromatic heterocycles. The Bertz CT molecular complexity index is 1350. The first-order valence-electron chi connectivity index (χ1n) is 11.1. The Kier molecular flexibility index (Phi) is 6.17. The number of ether oxygens (including phenoxy) is 1. The lowest BCUT2D eigenvalue weighted by Gasteiger charge is -2.25. The van der Waals surface area contributed by atoms with Crippen LogP contribution >= 0.6 is 0 Å². The van der Waals surface area contributed by atoms with Crippen LogP contribution in [0, 0.1) is 11.8 Å². The number of nitrogens with zero attached hydrogens (tertiary/aromatic N) is 2. The van der Waals surface area contributed by atoms with Crippen LogP contribution in [0.15, 0.2) is 56.2 Å². The Balaban J connectivity index is 1.60. The fraction of sp³-hybridized carbons (Fsp3) is 0.400. The Morgan fingerprint density at radius 3 is 2.78 bits per heavy atom. The SMILES string of the molecule is COc1ccc2[nH]c3c(=O)n(N=C[C@@H]4CC=C(CCC=C(C)C)C[C@@H]4C)c(=O)[nH]c3c2c1. The van der Waals surface area contributed by atoms with Crippen molar-refractivity contribution in [3.05, 3.63) is 62.3 Å². The van der Waals surface area contributed by atoms with E-state index in [9.17, 15) is 9.59 Å². The molecule has 0 spiro atoms. The van der Waals surface area contributed by atoms with Crippen molar-refractivity contribution in [2.75, 3.05) is 7.11 Å². The molecule has 0 aliphatic heterocycles. The second-order valence-corrected chi connectivity index (χ2v) is 8.86. The number of nitrogens with one attached hydrogen (secondary N) is 2. The van der Waals surface area contributed by atoms with E-state index in [4.69, 9.17) is 4.74 Å². The molecule has 1 aliphatic carbocycles. The summed E-state index contributed by atoms with van der Waals surface area (Å²) in [5.74, 6) is 1.25. The highest BCUT2D eigenvalue weighted by Gasteiger charge is 2.21. The third-order valence-electron chi connectivity index (χ3n) is 6.22. The number of hydrogen-bond donors (Lipinski definition) is 2. The van der Waals surface area contributed by atoms with E-state index in [1.54, 1.807) is 25.5 Å². The van der Waals surface area contributed by atoms with Gasteiger partial charge in [-0.1, -0.05) is 30.2 Å². The topological polar surface area (TPSA) is 92.2 Å². The molecule has 2 atom stereocenters. The number of benzene rings is 1. The zero-order chi connectivity index (χ0) is 22.8. The zero-order valence-electron chi connectivity index (χ0n) is 19.1. The van der Waals surface area contributed by atoms with Crippen LogP contribution in [0.3, 0.4) is 0 Å². The fourth-order valence-corrected chi connectivity index (χ4v) is 4.34. The molecule has 0 saturated heterocycles. The Hall–Kier alpha value is -3.35. The van der Waals surface area contributed by atoms with Crippen LogP contribution in [0.5, 0.6) is 5.75 Å². The van der Waals surface area contributed by atoms with Gasteiger partial charge in [-0.2, -0.15) is 5.10 Å². The maximum atomic E-state index is 13.0. The summed E-state index contributed by atoms with van der Waals surface area (Å²) >= 11 is 0. The van der Waals surface area contributed by atoms with Crippen LogP contribution in [0.1, 0.15) is 46.5 Å². The number of aromatic amines is 2. The number of aromatic nitrogens is 3. The van der Waals surface area contributed by atoms with Crippen molar-refractivity contribution < 1.29 is 4.74 Å². The van der Waals surface area contributed by atoms with Crippen LogP contribution in [-0.4, -0.2) is 28.0 Å². The highest BCUT2D eigenvalue weighted by molar-refractivity contribution is 6.04. The van der Waals surface area contributed by atoms with E-state index in [0.717, 1.165) is 41.3 Å². The van der Waals surface area contributed by atoms with Gasteiger partial charge in [0.25, 0.3) is 0 Å². The van der Waals surface area contributed by atoms with E-state index in [1.807, 2.05) is 6.07 Å². The summed E-state index contributed by atoms with van der Waals surface area (Å²) < 4.78 is 6.17. The lowest BCUT2D eigenvalue weighted by atomic mass is 9.80. The summed E-state index contributed by atoms with van der Waals surface area (Å²) in [6, 6.07) is 5.42. The van der Waals surface area contributed by atoms with Crippen molar-refractivity contribution in [3.8, 4) is 5.75 Å². The largest absolute Gasteiger partial charge is 0.497 e. The normalized spacial score (nSPS) is 18.9. The van der Waals surface area contributed by atoms with E-state index in [-0.39, 0.29) is 5.92 Å². The zero-order valence-corrected chi connectivity index (χ0v) is 19.1. The van der Waals surface area contributed by atoms with Crippen LogP contribution < -0.4 is 16.0 Å². The molecular weight excluding hydrogens is 404 g/mol. The molecule has 32 heavy (non-hydrogen) atoms. The minimum atomic E-state index is -0.552. The maximum absolute atomic E-state index is 13.0. The minimum Gasteiger partial charge on any atom is -0.497 e. The molecule has 1 aliphatic rings. The number of rotatable bonds is 6. The van der Waals surface area contributed by atoms with Crippen molar-refractivity contribution in [3.63, 3.8) is 0 Å². The van der Waals surface area contributed by atoms with Crippen molar-refractivity contribution in [2.45, 2.75) is 46.5 Å². The van der Waals surface area contributed by atoms with Gasteiger partial charge < -0.3 is 14.7 Å². The van der Waals surface area contributed by atoms with Gasteiger partial charge in [0.05, 0.1) is 12.6 Å². The maximum Gasteiger partial charge on any atom is 0.350 e. The highest BCUT2D eigenvalue weighted by Crippen LogP contribution is 2.31. The van der Waals surface area contributed by atoms with Gasteiger partial charge in [-0.15, -0.1) is 4.68 Å². The van der Waals surface area contributed by atoms with Crippen molar-refractivity contribution >= 4 is 28.2 Å². The number of allylic oxidation sites excluding steroid dienone is 4. The molecule has 0 saturated carbocycles. The monoisotopic (exact) mass is 434 g/mol. The first-order valence-corrected chi connectivity index (χ1v) is 11.1. The molecule has 1 aromatic carbocycles. The molecule has 2 heterocycles. The minimum absolute atomic E-state index is 0.191. The summed E-state index contributed by atoms with van der Waals surface area (Å²) in [5.41, 5.74) is 3.35. The Morgan fingerprint density at radius 1 is 1.25 bits per heavy atom. The molecular formula is C25H30N4O3. The van der Waals surface area contributed by atoms with Gasteiger partial charge in [0.2, 0.25) is 0 Å². The quantitative estimate of drug-likeness (QED) is 0.434. The van der Waals surface area contributed by atoms with Crippen LogP contribution in [-0.2, 0) is 0 Å².